The lowest BCUT2D eigenvalue weighted by Crippen LogP contribution is -2.27. The lowest BCUT2D eigenvalue weighted by molar-refractivity contribution is 0.476. The molecule has 0 bridgehead atoms. The molecule has 0 fully saturated rings. The summed E-state index contributed by atoms with van der Waals surface area (Å²) in [5.74, 6) is 0. The van der Waals surface area contributed by atoms with Crippen LogP contribution in [-0.2, 0) is 0 Å². The summed E-state index contributed by atoms with van der Waals surface area (Å²) in [7, 11) is 0. The summed E-state index contributed by atoms with van der Waals surface area (Å²) in [4.78, 5) is 3.07. The van der Waals surface area contributed by atoms with Crippen molar-refractivity contribution in [3.05, 3.63) is 113 Å². The van der Waals surface area contributed by atoms with Crippen LogP contribution >= 0.6 is 12.2 Å². The van der Waals surface area contributed by atoms with E-state index in [1.54, 1.807) is 0 Å². The van der Waals surface area contributed by atoms with Gasteiger partial charge in [0.1, 0.15) is 4.99 Å². The van der Waals surface area contributed by atoms with Crippen LogP contribution in [0.5, 0.6) is 0 Å². The molecule has 0 saturated heterocycles. The van der Waals surface area contributed by atoms with Crippen LogP contribution in [0.15, 0.2) is 91.0 Å². The summed E-state index contributed by atoms with van der Waals surface area (Å²) in [6.45, 7) is 8.37. The average molecular weight is 426 g/mol. The fourth-order valence-corrected chi connectivity index (χ4v) is 4.18. The normalized spacial score (nSPS) is 12.0. The second-order valence-electron chi connectivity index (χ2n) is 7.41. The lowest BCUT2D eigenvalue weighted by atomic mass is 9.88. The highest BCUT2D eigenvalue weighted by atomic mass is 32.1. The first kappa shape index (κ1) is 22.7. The number of hydrogen-bond acceptors (Lipinski definition) is 1. The van der Waals surface area contributed by atoms with Crippen molar-refractivity contribution in [1.82, 2.24) is 4.90 Å². The van der Waals surface area contributed by atoms with Crippen LogP contribution in [-0.4, -0.2) is 23.0 Å². The molecule has 1 nitrogen and oxygen atoms in total. The summed E-state index contributed by atoms with van der Waals surface area (Å²) >= 11 is 5.54. The highest BCUT2D eigenvalue weighted by molar-refractivity contribution is 7.80. The standard InChI is InChI=1S/C29H31NS/c1-4-27(24-13-9-7-10-14-24)29(25-15-11-8-12-16-25)26-20-17-23(18-21-26)19-22-28(31)30(5-2)6-3/h7-22H,4-6H2,1-3H3. The minimum Gasteiger partial charge on any atom is -0.363 e. The van der Waals surface area contributed by atoms with E-state index in [9.17, 15) is 0 Å². The maximum Gasteiger partial charge on any atom is 0.101 e. The maximum atomic E-state index is 5.54. The first-order valence-corrected chi connectivity index (χ1v) is 11.5. The highest BCUT2D eigenvalue weighted by Gasteiger charge is 2.12. The van der Waals surface area contributed by atoms with E-state index in [4.69, 9.17) is 12.2 Å². The van der Waals surface area contributed by atoms with Gasteiger partial charge in [0.15, 0.2) is 0 Å². The van der Waals surface area contributed by atoms with Crippen LogP contribution < -0.4 is 0 Å². The van der Waals surface area contributed by atoms with Crippen LogP contribution in [0.2, 0.25) is 0 Å². The van der Waals surface area contributed by atoms with Gasteiger partial charge in [-0.3, -0.25) is 0 Å². The van der Waals surface area contributed by atoms with Gasteiger partial charge in [0, 0.05) is 13.1 Å². The number of nitrogens with zero attached hydrogens (tertiary/aromatic N) is 1. The molecule has 0 aliphatic heterocycles. The first-order valence-electron chi connectivity index (χ1n) is 11.1. The Morgan fingerprint density at radius 1 is 0.710 bits per heavy atom. The van der Waals surface area contributed by atoms with E-state index in [1.165, 1.54) is 27.8 Å². The number of rotatable bonds is 8. The molecule has 0 aromatic heterocycles. The smallest absolute Gasteiger partial charge is 0.101 e. The molecule has 0 radical (unpaired) electrons. The summed E-state index contributed by atoms with van der Waals surface area (Å²) in [5, 5.41) is 0. The third kappa shape index (κ3) is 5.80. The Balaban J connectivity index is 2.00. The van der Waals surface area contributed by atoms with Gasteiger partial charge in [0.2, 0.25) is 0 Å². The molecule has 31 heavy (non-hydrogen) atoms. The van der Waals surface area contributed by atoms with Crippen molar-refractivity contribution in [2.75, 3.05) is 13.1 Å². The minimum atomic E-state index is 0.885. The number of hydrogen-bond donors (Lipinski definition) is 0. The quantitative estimate of drug-likeness (QED) is 0.206. The molecule has 0 saturated carbocycles. The zero-order chi connectivity index (χ0) is 22.1. The van der Waals surface area contributed by atoms with E-state index in [2.05, 4.69) is 117 Å². The van der Waals surface area contributed by atoms with Crippen LogP contribution in [0.1, 0.15) is 49.4 Å². The van der Waals surface area contributed by atoms with Gasteiger partial charge in [0.25, 0.3) is 0 Å². The Bertz CT molecular complexity index is 1030. The van der Waals surface area contributed by atoms with Gasteiger partial charge in [-0.1, -0.05) is 110 Å². The summed E-state index contributed by atoms with van der Waals surface area (Å²) < 4.78 is 0. The molecule has 0 amide bonds. The number of likely N-dealkylation sites (N-methyl/N-ethyl adjacent to an activating group) is 1. The van der Waals surface area contributed by atoms with E-state index in [-0.39, 0.29) is 0 Å². The fourth-order valence-electron chi connectivity index (χ4n) is 3.85. The Morgan fingerprint density at radius 2 is 1.23 bits per heavy atom. The van der Waals surface area contributed by atoms with E-state index in [0.717, 1.165) is 30.1 Å². The molecule has 0 aliphatic carbocycles. The Hall–Kier alpha value is -2.97. The van der Waals surface area contributed by atoms with Gasteiger partial charge in [-0.2, -0.15) is 0 Å². The molecule has 0 unspecified atom stereocenters. The van der Waals surface area contributed by atoms with Crippen molar-refractivity contribution >= 4 is 34.4 Å². The molecule has 0 heterocycles. The van der Waals surface area contributed by atoms with Gasteiger partial charge in [-0.25, -0.2) is 0 Å². The van der Waals surface area contributed by atoms with Crippen molar-refractivity contribution in [2.24, 2.45) is 0 Å². The zero-order valence-electron chi connectivity index (χ0n) is 18.7. The first-order chi connectivity index (χ1) is 15.2. The van der Waals surface area contributed by atoms with Gasteiger partial charge < -0.3 is 4.90 Å². The Kier molecular flexibility index (Phi) is 8.37. The molecule has 158 valence electrons. The molecule has 3 aromatic carbocycles. The topological polar surface area (TPSA) is 3.24 Å². The summed E-state index contributed by atoms with van der Waals surface area (Å²) in [6, 6.07) is 30.2. The number of benzene rings is 3. The third-order valence-corrected chi connectivity index (χ3v) is 5.93. The molecule has 0 aliphatic rings. The maximum absolute atomic E-state index is 5.54. The number of thiocarbonyl (C=S) groups is 1. The summed E-state index contributed by atoms with van der Waals surface area (Å²) in [6.07, 6.45) is 5.11. The van der Waals surface area contributed by atoms with E-state index >= 15 is 0 Å². The molecule has 2 heteroatoms. The predicted octanol–water partition coefficient (Wildman–Crippen LogP) is 7.74. The number of allylic oxidation sites excluding steroid dienone is 1. The van der Waals surface area contributed by atoms with Crippen molar-refractivity contribution in [1.29, 1.82) is 0 Å². The average Bonchev–Trinajstić information content (AvgIpc) is 2.83. The fraction of sp³-hybridized carbons (Fsp3) is 0.207. The van der Waals surface area contributed by atoms with Crippen molar-refractivity contribution in [3.63, 3.8) is 0 Å². The molecule has 3 rings (SSSR count). The van der Waals surface area contributed by atoms with E-state index in [0.29, 0.717) is 0 Å². The lowest BCUT2D eigenvalue weighted by Gasteiger charge is -2.19. The second kappa shape index (κ2) is 11.4. The monoisotopic (exact) mass is 425 g/mol. The molecule has 0 atom stereocenters. The van der Waals surface area contributed by atoms with Gasteiger partial charge in [-0.05, 0) is 59.7 Å². The summed E-state index contributed by atoms with van der Waals surface area (Å²) in [5.41, 5.74) is 7.56. The molecule has 0 spiro atoms. The van der Waals surface area contributed by atoms with Crippen molar-refractivity contribution in [2.45, 2.75) is 27.2 Å². The Morgan fingerprint density at radius 3 is 1.74 bits per heavy atom. The van der Waals surface area contributed by atoms with E-state index in [1.807, 2.05) is 6.08 Å². The van der Waals surface area contributed by atoms with Gasteiger partial charge in [0.05, 0.1) is 0 Å². The van der Waals surface area contributed by atoms with Crippen LogP contribution in [0.3, 0.4) is 0 Å². The molecule has 3 aromatic rings. The molecular formula is C29H31NS. The van der Waals surface area contributed by atoms with Crippen LogP contribution in [0.25, 0.3) is 17.2 Å². The Labute approximate surface area is 192 Å². The van der Waals surface area contributed by atoms with Crippen molar-refractivity contribution in [3.8, 4) is 0 Å². The largest absolute Gasteiger partial charge is 0.363 e. The van der Waals surface area contributed by atoms with E-state index < -0.39 is 0 Å². The second-order valence-corrected chi connectivity index (χ2v) is 7.82. The van der Waals surface area contributed by atoms with Crippen LogP contribution in [0, 0.1) is 0 Å². The zero-order valence-corrected chi connectivity index (χ0v) is 19.5. The molecule has 0 N–H and O–H groups in total. The van der Waals surface area contributed by atoms with Gasteiger partial charge >= 0.3 is 0 Å². The minimum absolute atomic E-state index is 0.885. The van der Waals surface area contributed by atoms with Crippen LogP contribution in [0.4, 0.5) is 0 Å². The predicted molar refractivity (Wildman–Crippen MR) is 140 cm³/mol. The molecular weight excluding hydrogens is 394 g/mol. The third-order valence-electron chi connectivity index (χ3n) is 5.53. The highest BCUT2D eigenvalue weighted by Crippen LogP contribution is 2.34. The van der Waals surface area contributed by atoms with Gasteiger partial charge in [-0.15, -0.1) is 0 Å². The SMILES string of the molecule is CCC(=C(c1ccccc1)c1ccc(C=CC(=S)N(CC)CC)cc1)c1ccccc1. The van der Waals surface area contributed by atoms with Crippen molar-refractivity contribution < 1.29 is 0 Å².